The van der Waals surface area contributed by atoms with Crippen LogP contribution in [0.5, 0.6) is 0 Å². The van der Waals surface area contributed by atoms with Crippen molar-refractivity contribution in [1.82, 2.24) is 29.3 Å². The standard InChI is InChI=1S/C20H14N6O2/c27-20-25-12-6-10-16(18(25)23-26(20)13-15-9-4-5-11-21-15)19-22-17(24-28-19)14-7-2-1-3-8-14/h1-12H,13H2. The van der Waals surface area contributed by atoms with E-state index in [0.29, 0.717) is 22.9 Å². The third-order valence-electron chi connectivity index (χ3n) is 4.34. The summed E-state index contributed by atoms with van der Waals surface area (Å²) in [7, 11) is 0. The predicted octanol–water partition coefficient (Wildman–Crippen LogP) is 2.66. The molecule has 0 aliphatic rings. The first-order valence-corrected chi connectivity index (χ1v) is 8.67. The Morgan fingerprint density at radius 1 is 0.964 bits per heavy atom. The first-order valence-electron chi connectivity index (χ1n) is 8.67. The summed E-state index contributed by atoms with van der Waals surface area (Å²) in [6.45, 7) is 0.278. The van der Waals surface area contributed by atoms with E-state index in [4.69, 9.17) is 4.52 Å². The highest BCUT2D eigenvalue weighted by molar-refractivity contribution is 5.72. The number of benzene rings is 1. The third-order valence-corrected chi connectivity index (χ3v) is 4.34. The first-order chi connectivity index (χ1) is 13.8. The van der Waals surface area contributed by atoms with E-state index in [2.05, 4.69) is 20.2 Å². The minimum absolute atomic E-state index is 0.259. The van der Waals surface area contributed by atoms with Crippen LogP contribution in [0.4, 0.5) is 0 Å². The van der Waals surface area contributed by atoms with Crippen molar-refractivity contribution in [1.29, 1.82) is 0 Å². The molecule has 8 heteroatoms. The van der Waals surface area contributed by atoms with Crippen LogP contribution in [0.2, 0.25) is 0 Å². The molecule has 0 spiro atoms. The second kappa shape index (κ2) is 6.58. The molecule has 1 aromatic carbocycles. The van der Waals surface area contributed by atoms with Crippen molar-refractivity contribution in [2.75, 3.05) is 0 Å². The number of aromatic nitrogens is 6. The van der Waals surface area contributed by atoms with Crippen molar-refractivity contribution in [2.45, 2.75) is 6.54 Å². The van der Waals surface area contributed by atoms with Gasteiger partial charge in [-0.1, -0.05) is 41.6 Å². The van der Waals surface area contributed by atoms with Crippen LogP contribution in [0.1, 0.15) is 5.69 Å². The summed E-state index contributed by atoms with van der Waals surface area (Å²) >= 11 is 0. The minimum atomic E-state index is -0.259. The Bertz CT molecular complexity index is 1310. The quantitative estimate of drug-likeness (QED) is 0.483. The molecule has 8 nitrogen and oxygen atoms in total. The molecule has 0 unspecified atom stereocenters. The van der Waals surface area contributed by atoms with Gasteiger partial charge in [-0.25, -0.2) is 13.9 Å². The molecular weight excluding hydrogens is 356 g/mol. The largest absolute Gasteiger partial charge is 0.350 e. The fourth-order valence-corrected chi connectivity index (χ4v) is 2.99. The zero-order valence-electron chi connectivity index (χ0n) is 14.6. The zero-order chi connectivity index (χ0) is 18.9. The van der Waals surface area contributed by atoms with Crippen LogP contribution in [0.3, 0.4) is 0 Å². The average molecular weight is 370 g/mol. The molecule has 136 valence electrons. The van der Waals surface area contributed by atoms with Crippen LogP contribution in [0, 0.1) is 0 Å². The van der Waals surface area contributed by atoms with E-state index < -0.39 is 0 Å². The van der Waals surface area contributed by atoms with Gasteiger partial charge in [0.2, 0.25) is 5.82 Å². The molecule has 5 rings (SSSR count). The average Bonchev–Trinajstić information content (AvgIpc) is 3.35. The Hall–Kier alpha value is -4.07. The van der Waals surface area contributed by atoms with Crippen LogP contribution < -0.4 is 5.69 Å². The summed E-state index contributed by atoms with van der Waals surface area (Å²) in [6, 6.07) is 18.6. The summed E-state index contributed by atoms with van der Waals surface area (Å²) < 4.78 is 8.28. The topological polar surface area (TPSA) is 91.1 Å². The Kier molecular flexibility index (Phi) is 3.79. The smallest absolute Gasteiger partial charge is 0.333 e. The highest BCUT2D eigenvalue weighted by atomic mass is 16.5. The number of pyridine rings is 2. The van der Waals surface area contributed by atoms with E-state index in [-0.39, 0.29) is 12.2 Å². The van der Waals surface area contributed by atoms with Crippen molar-refractivity contribution in [3.8, 4) is 22.8 Å². The lowest BCUT2D eigenvalue weighted by Crippen LogP contribution is -2.21. The summed E-state index contributed by atoms with van der Waals surface area (Å²) in [5.74, 6) is 0.785. The molecule has 0 aliphatic carbocycles. The van der Waals surface area contributed by atoms with Gasteiger partial charge >= 0.3 is 5.69 Å². The van der Waals surface area contributed by atoms with Gasteiger partial charge in [0, 0.05) is 18.0 Å². The van der Waals surface area contributed by atoms with Gasteiger partial charge in [0.15, 0.2) is 5.65 Å². The molecule has 5 aromatic rings. The fourth-order valence-electron chi connectivity index (χ4n) is 2.99. The van der Waals surface area contributed by atoms with E-state index in [1.807, 2.05) is 48.5 Å². The first kappa shape index (κ1) is 16.1. The highest BCUT2D eigenvalue weighted by Gasteiger charge is 2.17. The van der Waals surface area contributed by atoms with Gasteiger partial charge < -0.3 is 4.52 Å². The maximum atomic E-state index is 12.7. The van der Waals surface area contributed by atoms with Gasteiger partial charge in [0.05, 0.1) is 17.8 Å². The van der Waals surface area contributed by atoms with Crippen LogP contribution in [0.15, 0.2) is 82.4 Å². The van der Waals surface area contributed by atoms with Gasteiger partial charge in [-0.05, 0) is 24.3 Å². The van der Waals surface area contributed by atoms with E-state index in [1.165, 1.54) is 9.08 Å². The van der Waals surface area contributed by atoms with Crippen LogP contribution in [-0.2, 0) is 6.54 Å². The Morgan fingerprint density at radius 3 is 2.64 bits per heavy atom. The Labute approximate surface area is 158 Å². The van der Waals surface area contributed by atoms with Gasteiger partial charge in [0.1, 0.15) is 0 Å². The summed E-state index contributed by atoms with van der Waals surface area (Å²) in [5, 5.41) is 8.51. The lowest BCUT2D eigenvalue weighted by molar-refractivity contribution is 0.432. The van der Waals surface area contributed by atoms with Gasteiger partial charge in [0.25, 0.3) is 5.89 Å². The molecule has 0 bridgehead atoms. The fraction of sp³-hybridized carbons (Fsp3) is 0.0500. The number of fused-ring (bicyclic) bond motifs is 1. The molecule has 0 amide bonds. The Morgan fingerprint density at radius 2 is 1.82 bits per heavy atom. The van der Waals surface area contributed by atoms with Gasteiger partial charge in [-0.3, -0.25) is 4.98 Å². The molecule has 0 aliphatic heterocycles. The molecule has 0 fully saturated rings. The maximum Gasteiger partial charge on any atom is 0.350 e. The van der Waals surface area contributed by atoms with Crippen LogP contribution >= 0.6 is 0 Å². The highest BCUT2D eigenvalue weighted by Crippen LogP contribution is 2.24. The van der Waals surface area contributed by atoms with E-state index in [1.54, 1.807) is 24.5 Å². The molecule has 4 heterocycles. The number of nitrogens with zero attached hydrogens (tertiary/aromatic N) is 6. The Balaban J connectivity index is 1.58. The normalized spacial score (nSPS) is 11.1. The molecule has 0 saturated heterocycles. The number of hydrogen-bond acceptors (Lipinski definition) is 6. The van der Waals surface area contributed by atoms with Crippen molar-refractivity contribution >= 4 is 5.65 Å². The van der Waals surface area contributed by atoms with Crippen LogP contribution in [0.25, 0.3) is 28.5 Å². The van der Waals surface area contributed by atoms with Crippen molar-refractivity contribution in [3.63, 3.8) is 0 Å². The molecule has 28 heavy (non-hydrogen) atoms. The zero-order valence-corrected chi connectivity index (χ0v) is 14.6. The monoisotopic (exact) mass is 370 g/mol. The lowest BCUT2D eigenvalue weighted by Gasteiger charge is -1.97. The third kappa shape index (κ3) is 2.77. The van der Waals surface area contributed by atoms with Crippen molar-refractivity contribution < 1.29 is 4.52 Å². The van der Waals surface area contributed by atoms with Crippen molar-refractivity contribution in [2.24, 2.45) is 0 Å². The SMILES string of the molecule is O=c1n(Cc2ccccn2)nc2c(-c3nc(-c4ccccc4)no3)cccn12. The van der Waals surface area contributed by atoms with E-state index in [0.717, 1.165) is 11.3 Å². The summed E-state index contributed by atoms with van der Waals surface area (Å²) in [5.41, 5.74) is 2.38. The minimum Gasteiger partial charge on any atom is -0.333 e. The molecular formula is C20H14N6O2. The molecule has 0 atom stereocenters. The summed E-state index contributed by atoms with van der Waals surface area (Å²) in [4.78, 5) is 21.4. The number of rotatable bonds is 4. The second-order valence-electron chi connectivity index (χ2n) is 6.17. The lowest BCUT2D eigenvalue weighted by atomic mass is 10.2. The molecule has 0 N–H and O–H groups in total. The van der Waals surface area contributed by atoms with Gasteiger partial charge in [-0.2, -0.15) is 4.98 Å². The maximum absolute atomic E-state index is 12.7. The van der Waals surface area contributed by atoms with E-state index >= 15 is 0 Å². The number of hydrogen-bond donors (Lipinski definition) is 0. The second-order valence-corrected chi connectivity index (χ2v) is 6.17. The molecule has 0 radical (unpaired) electrons. The van der Waals surface area contributed by atoms with Gasteiger partial charge in [-0.15, -0.1) is 5.10 Å². The molecule has 4 aromatic heterocycles. The van der Waals surface area contributed by atoms with Crippen LogP contribution in [-0.4, -0.2) is 29.3 Å². The predicted molar refractivity (Wildman–Crippen MR) is 102 cm³/mol. The van der Waals surface area contributed by atoms with Crippen molar-refractivity contribution in [3.05, 3.63) is 89.2 Å². The molecule has 0 saturated carbocycles. The van der Waals surface area contributed by atoms with E-state index in [9.17, 15) is 4.79 Å². The summed E-state index contributed by atoms with van der Waals surface area (Å²) in [6.07, 6.45) is 3.35.